The summed E-state index contributed by atoms with van der Waals surface area (Å²) in [7, 11) is 0. The Morgan fingerprint density at radius 3 is 2.81 bits per heavy atom. The van der Waals surface area contributed by atoms with E-state index in [-0.39, 0.29) is 5.84 Å². The van der Waals surface area contributed by atoms with Crippen molar-refractivity contribution in [1.29, 1.82) is 0 Å². The van der Waals surface area contributed by atoms with Crippen molar-refractivity contribution in [2.75, 3.05) is 5.32 Å². The molecule has 0 fully saturated rings. The standard InChI is InChI=1S/C15H15ClFN3O/c1-9-2-5-13(16)14(6-9)19-8-10-3-4-11(17)7-12(10)15(18)20-21/h2-7,19,21H,8H2,1H3,(H2,18,20). The van der Waals surface area contributed by atoms with Crippen molar-refractivity contribution in [3.63, 3.8) is 0 Å². The highest BCUT2D eigenvalue weighted by Crippen LogP contribution is 2.24. The number of anilines is 1. The van der Waals surface area contributed by atoms with Crippen LogP contribution in [0.3, 0.4) is 0 Å². The van der Waals surface area contributed by atoms with Gasteiger partial charge in [0.25, 0.3) is 0 Å². The average Bonchev–Trinajstić information content (AvgIpc) is 2.48. The number of nitrogens with one attached hydrogen (secondary N) is 1. The Balaban J connectivity index is 2.26. The Morgan fingerprint density at radius 2 is 2.10 bits per heavy atom. The molecule has 0 aliphatic heterocycles. The number of benzene rings is 2. The monoisotopic (exact) mass is 307 g/mol. The zero-order valence-electron chi connectivity index (χ0n) is 11.4. The molecule has 4 nitrogen and oxygen atoms in total. The fourth-order valence-electron chi connectivity index (χ4n) is 1.96. The van der Waals surface area contributed by atoms with E-state index in [1.165, 1.54) is 12.1 Å². The number of hydrogen-bond donors (Lipinski definition) is 3. The molecule has 0 saturated carbocycles. The minimum atomic E-state index is -0.450. The third-order valence-electron chi connectivity index (χ3n) is 3.05. The minimum Gasteiger partial charge on any atom is -0.409 e. The first-order chi connectivity index (χ1) is 10.0. The van der Waals surface area contributed by atoms with Gasteiger partial charge in [0, 0.05) is 12.1 Å². The van der Waals surface area contributed by atoms with E-state index >= 15 is 0 Å². The first-order valence-electron chi connectivity index (χ1n) is 6.27. The molecule has 0 saturated heterocycles. The minimum absolute atomic E-state index is 0.137. The lowest BCUT2D eigenvalue weighted by Crippen LogP contribution is -2.17. The Labute approximate surface area is 127 Å². The van der Waals surface area contributed by atoms with Crippen LogP contribution in [0.1, 0.15) is 16.7 Å². The van der Waals surface area contributed by atoms with Gasteiger partial charge in [0.1, 0.15) is 5.82 Å². The molecule has 0 aromatic heterocycles. The molecule has 0 bridgehead atoms. The summed E-state index contributed by atoms with van der Waals surface area (Å²) >= 11 is 6.11. The lowest BCUT2D eigenvalue weighted by molar-refractivity contribution is 0.318. The van der Waals surface area contributed by atoms with Crippen LogP contribution in [0.2, 0.25) is 5.02 Å². The third-order valence-corrected chi connectivity index (χ3v) is 3.38. The van der Waals surface area contributed by atoms with Crippen LogP contribution in [0.25, 0.3) is 0 Å². The quantitative estimate of drug-likeness (QED) is 0.350. The number of nitrogens with two attached hydrogens (primary N) is 1. The van der Waals surface area contributed by atoms with Gasteiger partial charge in [-0.25, -0.2) is 4.39 Å². The normalized spacial score (nSPS) is 11.5. The van der Waals surface area contributed by atoms with Crippen LogP contribution in [-0.2, 0) is 6.54 Å². The highest BCUT2D eigenvalue weighted by atomic mass is 35.5. The molecular weight excluding hydrogens is 293 g/mol. The highest BCUT2D eigenvalue weighted by Gasteiger charge is 2.09. The van der Waals surface area contributed by atoms with Crippen molar-refractivity contribution >= 4 is 23.1 Å². The van der Waals surface area contributed by atoms with E-state index in [0.29, 0.717) is 22.7 Å². The summed E-state index contributed by atoms with van der Waals surface area (Å²) < 4.78 is 13.3. The molecule has 6 heteroatoms. The molecule has 0 radical (unpaired) electrons. The molecule has 2 aromatic rings. The van der Waals surface area contributed by atoms with Gasteiger partial charge in [-0.2, -0.15) is 0 Å². The fourth-order valence-corrected chi connectivity index (χ4v) is 2.14. The van der Waals surface area contributed by atoms with E-state index in [0.717, 1.165) is 11.3 Å². The predicted octanol–water partition coefficient (Wildman–Crippen LogP) is 3.49. The first-order valence-corrected chi connectivity index (χ1v) is 6.65. The largest absolute Gasteiger partial charge is 0.409 e. The topological polar surface area (TPSA) is 70.6 Å². The van der Waals surface area contributed by atoms with Gasteiger partial charge in [-0.05, 0) is 42.3 Å². The maximum Gasteiger partial charge on any atom is 0.170 e. The zero-order chi connectivity index (χ0) is 15.4. The van der Waals surface area contributed by atoms with Gasteiger partial charge in [-0.15, -0.1) is 0 Å². The van der Waals surface area contributed by atoms with Gasteiger partial charge >= 0.3 is 0 Å². The third kappa shape index (κ3) is 3.64. The maximum atomic E-state index is 13.3. The average molecular weight is 308 g/mol. The van der Waals surface area contributed by atoms with Crippen molar-refractivity contribution in [1.82, 2.24) is 0 Å². The molecule has 0 unspecified atom stereocenters. The summed E-state index contributed by atoms with van der Waals surface area (Å²) in [5.74, 6) is -0.587. The van der Waals surface area contributed by atoms with Crippen LogP contribution < -0.4 is 11.1 Å². The van der Waals surface area contributed by atoms with E-state index in [1.54, 1.807) is 12.1 Å². The number of amidine groups is 1. The van der Waals surface area contributed by atoms with Crippen molar-refractivity contribution < 1.29 is 9.60 Å². The zero-order valence-corrected chi connectivity index (χ0v) is 12.2. The Kier molecular flexibility index (Phi) is 4.65. The number of rotatable bonds is 4. The van der Waals surface area contributed by atoms with Crippen molar-refractivity contribution in [3.8, 4) is 0 Å². The number of aryl methyl sites for hydroxylation is 1. The Bertz CT molecular complexity index is 689. The lowest BCUT2D eigenvalue weighted by Gasteiger charge is -2.12. The van der Waals surface area contributed by atoms with Crippen LogP contribution in [-0.4, -0.2) is 11.0 Å². The van der Waals surface area contributed by atoms with E-state index < -0.39 is 5.82 Å². The molecule has 2 aromatic carbocycles. The Hall–Kier alpha value is -2.27. The summed E-state index contributed by atoms with van der Waals surface area (Å²) in [5.41, 5.74) is 8.44. The maximum absolute atomic E-state index is 13.3. The molecule has 0 atom stereocenters. The molecule has 0 amide bonds. The van der Waals surface area contributed by atoms with Crippen LogP contribution in [0.5, 0.6) is 0 Å². The number of nitrogens with zero attached hydrogens (tertiary/aromatic N) is 1. The highest BCUT2D eigenvalue weighted by molar-refractivity contribution is 6.33. The second-order valence-electron chi connectivity index (χ2n) is 4.62. The number of halogens is 2. The van der Waals surface area contributed by atoms with E-state index in [9.17, 15) is 4.39 Å². The summed E-state index contributed by atoms with van der Waals surface area (Å²) in [6.45, 7) is 2.33. The van der Waals surface area contributed by atoms with Gasteiger partial charge in [-0.1, -0.05) is 28.9 Å². The van der Waals surface area contributed by atoms with Gasteiger partial charge in [0.15, 0.2) is 5.84 Å². The first kappa shape index (κ1) is 15.1. The van der Waals surface area contributed by atoms with Crippen molar-refractivity contribution in [2.24, 2.45) is 10.9 Å². The molecule has 0 spiro atoms. The smallest absolute Gasteiger partial charge is 0.170 e. The van der Waals surface area contributed by atoms with Gasteiger partial charge < -0.3 is 16.3 Å². The summed E-state index contributed by atoms with van der Waals surface area (Å²) in [6.07, 6.45) is 0. The van der Waals surface area contributed by atoms with E-state index in [1.807, 2.05) is 19.1 Å². The molecule has 2 rings (SSSR count). The van der Waals surface area contributed by atoms with Crippen molar-refractivity contribution in [2.45, 2.75) is 13.5 Å². The predicted molar refractivity (Wildman–Crippen MR) is 82.4 cm³/mol. The summed E-state index contributed by atoms with van der Waals surface area (Å²) in [5, 5.41) is 15.4. The van der Waals surface area contributed by atoms with Crippen LogP contribution in [0.15, 0.2) is 41.6 Å². The SMILES string of the molecule is Cc1ccc(Cl)c(NCc2ccc(F)cc2/C(N)=N/O)c1. The molecule has 0 aliphatic carbocycles. The van der Waals surface area contributed by atoms with Gasteiger partial charge in [0.05, 0.1) is 10.7 Å². The van der Waals surface area contributed by atoms with E-state index in [4.69, 9.17) is 22.5 Å². The molecule has 4 N–H and O–H groups in total. The Morgan fingerprint density at radius 1 is 1.33 bits per heavy atom. The second-order valence-corrected chi connectivity index (χ2v) is 5.03. The lowest BCUT2D eigenvalue weighted by atomic mass is 10.1. The van der Waals surface area contributed by atoms with Crippen LogP contribution in [0.4, 0.5) is 10.1 Å². The van der Waals surface area contributed by atoms with Crippen LogP contribution in [0, 0.1) is 12.7 Å². The number of hydrogen-bond acceptors (Lipinski definition) is 3. The number of oxime groups is 1. The molecular formula is C15H15ClFN3O. The summed E-state index contributed by atoms with van der Waals surface area (Å²) in [6, 6.07) is 9.75. The van der Waals surface area contributed by atoms with Crippen molar-refractivity contribution in [3.05, 3.63) is 63.9 Å². The fraction of sp³-hybridized carbons (Fsp3) is 0.133. The molecule has 21 heavy (non-hydrogen) atoms. The van der Waals surface area contributed by atoms with Crippen LogP contribution >= 0.6 is 11.6 Å². The van der Waals surface area contributed by atoms with Gasteiger partial charge in [-0.3, -0.25) is 0 Å². The van der Waals surface area contributed by atoms with E-state index in [2.05, 4.69) is 10.5 Å². The summed E-state index contributed by atoms with van der Waals surface area (Å²) in [4.78, 5) is 0. The van der Waals surface area contributed by atoms with Gasteiger partial charge in [0.2, 0.25) is 0 Å². The molecule has 0 aliphatic rings. The second kappa shape index (κ2) is 6.45. The molecule has 0 heterocycles. The molecule has 110 valence electrons.